The molecule has 1 N–H and O–H groups in total. The summed E-state index contributed by atoms with van der Waals surface area (Å²) < 4.78 is 16.4. The van der Waals surface area contributed by atoms with Gasteiger partial charge in [-0.15, -0.1) is 0 Å². The Morgan fingerprint density at radius 1 is 1.04 bits per heavy atom. The van der Waals surface area contributed by atoms with E-state index in [9.17, 15) is 9.90 Å². The number of phenols is 1. The van der Waals surface area contributed by atoms with Gasteiger partial charge in [0, 0.05) is 25.2 Å². The zero-order valence-electron chi connectivity index (χ0n) is 15.7. The normalized spacial score (nSPS) is 13.7. The Morgan fingerprint density at radius 2 is 1.70 bits per heavy atom. The maximum Gasteiger partial charge on any atom is 0.257 e. The Morgan fingerprint density at radius 3 is 2.22 bits per heavy atom. The van der Waals surface area contributed by atoms with Gasteiger partial charge in [0.05, 0.1) is 32.5 Å². The first kappa shape index (κ1) is 18.6. The fraction of sp³-hybridized carbons (Fsp3) is 0.286. The summed E-state index contributed by atoms with van der Waals surface area (Å²) >= 11 is 0. The summed E-state index contributed by atoms with van der Waals surface area (Å²) in [5.74, 6) is 1.80. The number of hydrogen-bond donors (Lipinski definition) is 1. The number of methoxy groups -OCH3 is 3. The van der Waals surface area contributed by atoms with E-state index < -0.39 is 0 Å². The lowest BCUT2D eigenvalue weighted by Crippen LogP contribution is -2.34. The Hall–Kier alpha value is -3.15. The summed E-state index contributed by atoms with van der Waals surface area (Å²) in [7, 11) is 4.81. The molecule has 1 amide bonds. The highest BCUT2D eigenvalue weighted by Crippen LogP contribution is 2.41. The van der Waals surface area contributed by atoms with Crippen molar-refractivity contribution in [3.63, 3.8) is 0 Å². The van der Waals surface area contributed by atoms with Gasteiger partial charge in [0.25, 0.3) is 5.91 Å². The molecule has 3 rings (SSSR count). The highest BCUT2D eigenvalue weighted by molar-refractivity contribution is 5.97. The van der Waals surface area contributed by atoms with Crippen molar-refractivity contribution in [1.29, 1.82) is 0 Å². The number of carbonyl (C=O) groups is 1. The molecule has 1 heterocycles. The third-order valence-electron chi connectivity index (χ3n) is 4.67. The first-order valence-corrected chi connectivity index (χ1v) is 8.65. The third-order valence-corrected chi connectivity index (χ3v) is 4.67. The van der Waals surface area contributed by atoms with Crippen LogP contribution in [0.1, 0.15) is 22.3 Å². The molecule has 0 atom stereocenters. The second kappa shape index (κ2) is 8.03. The Balaban J connectivity index is 1.87. The van der Waals surface area contributed by atoms with E-state index >= 15 is 0 Å². The zero-order valence-corrected chi connectivity index (χ0v) is 15.7. The number of nitrogens with zero attached hydrogens (tertiary/aromatic N) is 1. The molecule has 0 aliphatic carbocycles. The average Bonchev–Trinajstić information content (AvgIpc) is 2.72. The van der Waals surface area contributed by atoms with Crippen LogP contribution in [0.4, 0.5) is 0 Å². The Bertz CT molecular complexity index is 850. The quantitative estimate of drug-likeness (QED) is 0.875. The van der Waals surface area contributed by atoms with Crippen LogP contribution in [0.25, 0.3) is 5.57 Å². The molecule has 0 fully saturated rings. The molecule has 0 saturated heterocycles. The lowest BCUT2D eigenvalue weighted by atomic mass is 9.96. The van der Waals surface area contributed by atoms with Crippen LogP contribution in [-0.4, -0.2) is 50.3 Å². The minimum atomic E-state index is -0.183. The predicted molar refractivity (Wildman–Crippen MR) is 103 cm³/mol. The number of rotatable bonds is 5. The van der Waals surface area contributed by atoms with Crippen LogP contribution in [0.15, 0.2) is 42.5 Å². The standard InChI is InChI=1S/C21H23NO5/c1-25-15-12-18(26-2)20(19(13-15)27-3)14-8-10-22(11-9-14)21(24)16-6-4-5-7-17(16)23/h4-8,12-13,23H,9-11H2,1-3H3. The van der Waals surface area contributed by atoms with Gasteiger partial charge in [0.1, 0.15) is 23.0 Å². The van der Waals surface area contributed by atoms with Gasteiger partial charge < -0.3 is 24.2 Å². The van der Waals surface area contributed by atoms with Gasteiger partial charge in [-0.3, -0.25) is 4.79 Å². The first-order chi connectivity index (χ1) is 13.1. The van der Waals surface area contributed by atoms with Gasteiger partial charge in [-0.05, 0) is 24.1 Å². The van der Waals surface area contributed by atoms with E-state index in [2.05, 4.69) is 0 Å². The van der Waals surface area contributed by atoms with Gasteiger partial charge in [0.2, 0.25) is 0 Å². The van der Waals surface area contributed by atoms with Crippen LogP contribution in [0.3, 0.4) is 0 Å². The molecule has 2 aromatic carbocycles. The number of phenolic OH excluding ortho intramolecular Hbond substituents is 1. The molecule has 0 aromatic heterocycles. The highest BCUT2D eigenvalue weighted by Gasteiger charge is 2.24. The molecule has 0 bridgehead atoms. The minimum Gasteiger partial charge on any atom is -0.507 e. The van der Waals surface area contributed by atoms with Crippen molar-refractivity contribution >= 4 is 11.5 Å². The number of ether oxygens (including phenoxy) is 3. The monoisotopic (exact) mass is 369 g/mol. The number of benzene rings is 2. The number of carbonyl (C=O) groups excluding carboxylic acids is 1. The molecule has 1 aliphatic heterocycles. The molecular formula is C21H23NO5. The van der Waals surface area contributed by atoms with Crippen molar-refractivity contribution in [3.05, 3.63) is 53.6 Å². The van der Waals surface area contributed by atoms with Crippen molar-refractivity contribution in [3.8, 4) is 23.0 Å². The van der Waals surface area contributed by atoms with Crippen molar-refractivity contribution in [2.75, 3.05) is 34.4 Å². The SMILES string of the molecule is COc1cc(OC)c(C2=CCN(C(=O)c3ccccc3O)CC2)c(OC)c1. The fourth-order valence-corrected chi connectivity index (χ4v) is 3.23. The molecule has 2 aromatic rings. The molecule has 0 saturated carbocycles. The van der Waals surface area contributed by atoms with Gasteiger partial charge in [-0.2, -0.15) is 0 Å². The van der Waals surface area contributed by atoms with Crippen molar-refractivity contribution in [2.24, 2.45) is 0 Å². The van der Waals surface area contributed by atoms with E-state index in [1.165, 1.54) is 6.07 Å². The number of hydrogen-bond acceptors (Lipinski definition) is 5. The fourth-order valence-electron chi connectivity index (χ4n) is 3.23. The highest BCUT2D eigenvalue weighted by atomic mass is 16.5. The molecule has 27 heavy (non-hydrogen) atoms. The molecule has 1 aliphatic rings. The number of amides is 1. The molecular weight excluding hydrogens is 346 g/mol. The van der Waals surface area contributed by atoms with Crippen LogP contribution >= 0.6 is 0 Å². The minimum absolute atomic E-state index is 0.00392. The lowest BCUT2D eigenvalue weighted by molar-refractivity contribution is 0.0770. The van der Waals surface area contributed by atoms with Crippen molar-refractivity contribution in [2.45, 2.75) is 6.42 Å². The van der Waals surface area contributed by atoms with E-state index in [1.54, 1.807) is 44.4 Å². The molecule has 6 nitrogen and oxygen atoms in total. The molecule has 0 spiro atoms. The smallest absolute Gasteiger partial charge is 0.257 e. The average molecular weight is 369 g/mol. The van der Waals surface area contributed by atoms with Crippen LogP contribution in [-0.2, 0) is 0 Å². The van der Waals surface area contributed by atoms with E-state index in [0.29, 0.717) is 42.3 Å². The third kappa shape index (κ3) is 3.69. The first-order valence-electron chi connectivity index (χ1n) is 8.65. The summed E-state index contributed by atoms with van der Waals surface area (Å²) in [5.41, 5.74) is 2.23. The van der Waals surface area contributed by atoms with Gasteiger partial charge in [0.15, 0.2) is 0 Å². The molecule has 0 radical (unpaired) electrons. The van der Waals surface area contributed by atoms with E-state index in [-0.39, 0.29) is 11.7 Å². The molecule has 0 unspecified atom stereocenters. The maximum absolute atomic E-state index is 12.7. The topological polar surface area (TPSA) is 68.2 Å². The lowest BCUT2D eigenvalue weighted by Gasteiger charge is -2.28. The van der Waals surface area contributed by atoms with E-state index in [1.807, 2.05) is 18.2 Å². The summed E-state index contributed by atoms with van der Waals surface area (Å²) in [6.07, 6.45) is 2.65. The second-order valence-corrected chi connectivity index (χ2v) is 6.15. The Kier molecular flexibility index (Phi) is 5.54. The summed E-state index contributed by atoms with van der Waals surface area (Å²) in [5, 5.41) is 9.92. The van der Waals surface area contributed by atoms with Gasteiger partial charge in [-0.1, -0.05) is 18.2 Å². The van der Waals surface area contributed by atoms with E-state index in [0.717, 1.165) is 11.1 Å². The zero-order chi connectivity index (χ0) is 19.4. The van der Waals surface area contributed by atoms with E-state index in [4.69, 9.17) is 14.2 Å². The number of aromatic hydroxyl groups is 1. The van der Waals surface area contributed by atoms with Crippen LogP contribution in [0.5, 0.6) is 23.0 Å². The van der Waals surface area contributed by atoms with Gasteiger partial charge in [-0.25, -0.2) is 0 Å². The van der Waals surface area contributed by atoms with Crippen LogP contribution in [0, 0.1) is 0 Å². The van der Waals surface area contributed by atoms with Gasteiger partial charge >= 0.3 is 0 Å². The maximum atomic E-state index is 12.7. The summed E-state index contributed by atoms with van der Waals surface area (Å²) in [4.78, 5) is 14.4. The summed E-state index contributed by atoms with van der Waals surface area (Å²) in [6, 6.07) is 10.2. The summed E-state index contributed by atoms with van der Waals surface area (Å²) in [6.45, 7) is 0.984. The molecule has 142 valence electrons. The van der Waals surface area contributed by atoms with Crippen molar-refractivity contribution < 1.29 is 24.1 Å². The van der Waals surface area contributed by atoms with Crippen LogP contribution < -0.4 is 14.2 Å². The number of para-hydroxylation sites is 1. The Labute approximate surface area is 158 Å². The predicted octanol–water partition coefficient (Wildman–Crippen LogP) is 3.35. The molecule has 6 heteroatoms. The van der Waals surface area contributed by atoms with Crippen LogP contribution in [0.2, 0.25) is 0 Å². The largest absolute Gasteiger partial charge is 0.507 e. The second-order valence-electron chi connectivity index (χ2n) is 6.15. The van der Waals surface area contributed by atoms with Crippen molar-refractivity contribution in [1.82, 2.24) is 4.90 Å².